The van der Waals surface area contributed by atoms with Crippen molar-refractivity contribution in [3.63, 3.8) is 0 Å². The molecule has 1 N–H and O–H groups in total. The second-order valence-corrected chi connectivity index (χ2v) is 5.62. The molecule has 0 unspecified atom stereocenters. The Kier molecular flexibility index (Phi) is 3.93. The number of aromatic nitrogens is 2. The highest BCUT2D eigenvalue weighted by Gasteiger charge is 2.11. The van der Waals surface area contributed by atoms with Crippen LogP contribution in [0.5, 0.6) is 0 Å². The maximum atomic E-state index is 12.1. The Hall–Kier alpha value is -2.60. The highest BCUT2D eigenvalue weighted by atomic mass is 32.1. The van der Waals surface area contributed by atoms with Gasteiger partial charge in [-0.2, -0.15) is 4.98 Å². The minimum absolute atomic E-state index is 0.238. The first-order valence-electron chi connectivity index (χ1n) is 6.84. The number of hydrogen-bond donors (Lipinski definition) is 1. The van der Waals surface area contributed by atoms with Gasteiger partial charge in [-0.3, -0.25) is 9.59 Å². The topological polar surface area (TPSA) is 72.0 Å². The van der Waals surface area contributed by atoms with E-state index in [0.717, 1.165) is 4.70 Å². The van der Waals surface area contributed by atoms with Crippen molar-refractivity contribution in [3.8, 4) is 10.7 Å². The molecule has 3 aromatic rings. The number of amides is 1. The fourth-order valence-corrected chi connectivity index (χ4v) is 3.02. The van der Waals surface area contributed by atoms with Gasteiger partial charge in [-0.25, -0.2) is 4.98 Å². The second kappa shape index (κ2) is 6.03. The number of nitrogens with one attached hydrogen (secondary N) is 1. The van der Waals surface area contributed by atoms with E-state index in [1.165, 1.54) is 11.3 Å². The van der Waals surface area contributed by atoms with E-state index in [0.29, 0.717) is 28.3 Å². The Morgan fingerprint density at radius 1 is 1.14 bits per heavy atom. The van der Waals surface area contributed by atoms with Crippen LogP contribution in [0.25, 0.3) is 20.8 Å². The van der Waals surface area contributed by atoms with Gasteiger partial charge in [0.25, 0.3) is 11.5 Å². The first-order valence-corrected chi connectivity index (χ1v) is 7.66. The minimum atomic E-state index is -0.283. The molecule has 2 heterocycles. The first-order chi connectivity index (χ1) is 10.7. The molecule has 0 bridgehead atoms. The van der Waals surface area contributed by atoms with Gasteiger partial charge in [-0.05, 0) is 31.2 Å². The van der Waals surface area contributed by atoms with Crippen molar-refractivity contribution in [3.05, 3.63) is 58.5 Å². The van der Waals surface area contributed by atoms with E-state index in [9.17, 15) is 9.59 Å². The second-order valence-electron chi connectivity index (χ2n) is 4.59. The molecular formula is C16H13N3O2S. The average molecular weight is 311 g/mol. The number of carbonyl (C=O) groups is 1. The van der Waals surface area contributed by atoms with Crippen LogP contribution in [0.15, 0.2) is 47.3 Å². The molecule has 1 amide bonds. The maximum absolute atomic E-state index is 12.1. The summed E-state index contributed by atoms with van der Waals surface area (Å²) in [6.07, 6.45) is 0. The van der Waals surface area contributed by atoms with Crippen molar-refractivity contribution >= 4 is 27.3 Å². The lowest BCUT2D eigenvalue weighted by Gasteiger charge is -2.04. The van der Waals surface area contributed by atoms with Gasteiger partial charge in [-0.15, -0.1) is 11.3 Å². The highest BCUT2D eigenvalue weighted by molar-refractivity contribution is 7.21. The minimum Gasteiger partial charge on any atom is -0.351 e. The van der Waals surface area contributed by atoms with Gasteiger partial charge in [0.05, 0.1) is 11.1 Å². The highest BCUT2D eigenvalue weighted by Crippen LogP contribution is 2.24. The van der Waals surface area contributed by atoms with Crippen molar-refractivity contribution in [1.29, 1.82) is 0 Å². The van der Waals surface area contributed by atoms with Crippen LogP contribution < -0.4 is 10.9 Å². The summed E-state index contributed by atoms with van der Waals surface area (Å²) in [4.78, 5) is 32.3. The zero-order chi connectivity index (χ0) is 15.5. The summed E-state index contributed by atoms with van der Waals surface area (Å²) >= 11 is 1.38. The third-order valence-corrected chi connectivity index (χ3v) is 4.14. The summed E-state index contributed by atoms with van der Waals surface area (Å²) in [5.41, 5.74) is 0.556. The summed E-state index contributed by atoms with van der Waals surface area (Å²) in [5.74, 6) is -0.238. The number of benzene rings is 1. The Balaban J connectivity index is 2.10. The van der Waals surface area contributed by atoms with Gasteiger partial charge < -0.3 is 5.32 Å². The third-order valence-electron chi connectivity index (χ3n) is 3.07. The van der Waals surface area contributed by atoms with Crippen molar-refractivity contribution in [2.75, 3.05) is 6.54 Å². The number of nitrogens with zero attached hydrogens (tertiary/aromatic N) is 2. The molecule has 0 radical (unpaired) electrons. The zero-order valence-corrected chi connectivity index (χ0v) is 12.7. The monoisotopic (exact) mass is 311 g/mol. The van der Waals surface area contributed by atoms with Crippen LogP contribution in [-0.2, 0) is 0 Å². The Morgan fingerprint density at radius 3 is 2.77 bits per heavy atom. The van der Waals surface area contributed by atoms with Gasteiger partial charge in [0.1, 0.15) is 10.7 Å². The summed E-state index contributed by atoms with van der Waals surface area (Å²) in [6.45, 7) is 2.38. The molecular weight excluding hydrogens is 298 g/mol. The quantitative estimate of drug-likeness (QED) is 0.806. The molecule has 0 saturated carbocycles. The summed E-state index contributed by atoms with van der Waals surface area (Å²) in [5, 5.41) is 3.80. The largest absolute Gasteiger partial charge is 0.351 e. The van der Waals surface area contributed by atoms with Crippen molar-refractivity contribution in [2.24, 2.45) is 0 Å². The molecule has 0 atom stereocenters. The molecule has 3 rings (SSSR count). The fourth-order valence-electron chi connectivity index (χ4n) is 2.05. The van der Waals surface area contributed by atoms with Crippen molar-refractivity contribution < 1.29 is 4.79 Å². The number of fused-ring (bicyclic) bond motifs is 1. The molecule has 0 spiro atoms. The van der Waals surface area contributed by atoms with Crippen molar-refractivity contribution in [1.82, 2.24) is 15.3 Å². The van der Waals surface area contributed by atoms with E-state index in [2.05, 4.69) is 15.3 Å². The standard InChI is InChI=1S/C16H13N3O2S/c1-2-17-15(21)11-7-5-8-12(18-11)16-19-14(20)10-6-3-4-9-13(10)22-16/h3-9H,2H2,1H3,(H,17,21). The van der Waals surface area contributed by atoms with Crippen LogP contribution >= 0.6 is 11.3 Å². The van der Waals surface area contributed by atoms with E-state index >= 15 is 0 Å². The Bertz CT molecular complexity index is 905. The average Bonchev–Trinajstić information content (AvgIpc) is 2.55. The number of hydrogen-bond acceptors (Lipinski definition) is 5. The number of rotatable bonds is 3. The zero-order valence-electron chi connectivity index (χ0n) is 11.9. The van der Waals surface area contributed by atoms with E-state index in [4.69, 9.17) is 0 Å². The Morgan fingerprint density at radius 2 is 1.95 bits per heavy atom. The molecule has 110 valence electrons. The van der Waals surface area contributed by atoms with Gasteiger partial charge >= 0.3 is 0 Å². The number of pyridine rings is 1. The summed E-state index contributed by atoms with van der Waals surface area (Å²) in [7, 11) is 0. The van der Waals surface area contributed by atoms with E-state index < -0.39 is 0 Å². The van der Waals surface area contributed by atoms with Gasteiger partial charge in [0, 0.05) is 11.2 Å². The number of carbonyl (C=O) groups excluding carboxylic acids is 1. The normalized spacial score (nSPS) is 10.6. The van der Waals surface area contributed by atoms with Gasteiger partial charge in [0.2, 0.25) is 0 Å². The van der Waals surface area contributed by atoms with Crippen LogP contribution in [0, 0.1) is 0 Å². The van der Waals surface area contributed by atoms with Crippen LogP contribution in [0.3, 0.4) is 0 Å². The van der Waals surface area contributed by atoms with Gasteiger partial charge in [0.15, 0.2) is 0 Å². The third kappa shape index (κ3) is 2.73. The lowest BCUT2D eigenvalue weighted by molar-refractivity contribution is 0.0951. The molecule has 5 nitrogen and oxygen atoms in total. The molecule has 0 aliphatic carbocycles. The van der Waals surface area contributed by atoms with Gasteiger partial charge in [-0.1, -0.05) is 18.2 Å². The fraction of sp³-hybridized carbons (Fsp3) is 0.125. The molecule has 0 aliphatic heterocycles. The van der Waals surface area contributed by atoms with E-state index in [-0.39, 0.29) is 11.5 Å². The molecule has 1 aromatic carbocycles. The van der Waals surface area contributed by atoms with Crippen LogP contribution in [0.4, 0.5) is 0 Å². The molecule has 22 heavy (non-hydrogen) atoms. The maximum Gasteiger partial charge on any atom is 0.279 e. The molecule has 0 aliphatic rings. The predicted octanol–water partition coefficient (Wildman–Crippen LogP) is 2.47. The van der Waals surface area contributed by atoms with Crippen molar-refractivity contribution in [2.45, 2.75) is 6.92 Å². The Labute approximate surface area is 130 Å². The molecule has 0 saturated heterocycles. The van der Waals surface area contributed by atoms with Crippen LogP contribution in [0.2, 0.25) is 0 Å². The summed E-state index contributed by atoms with van der Waals surface area (Å²) in [6, 6.07) is 12.4. The van der Waals surface area contributed by atoms with Crippen LogP contribution in [-0.4, -0.2) is 22.4 Å². The molecule has 2 aromatic heterocycles. The summed E-state index contributed by atoms with van der Waals surface area (Å²) < 4.78 is 0.850. The van der Waals surface area contributed by atoms with E-state index in [1.807, 2.05) is 25.1 Å². The smallest absolute Gasteiger partial charge is 0.279 e. The predicted molar refractivity (Wildman–Crippen MR) is 87.1 cm³/mol. The lowest BCUT2D eigenvalue weighted by atomic mass is 10.3. The SMILES string of the molecule is CCNC(=O)c1cccc(-c2nc(=O)c3ccccc3s2)n1. The lowest BCUT2D eigenvalue weighted by Crippen LogP contribution is -2.23. The van der Waals surface area contributed by atoms with E-state index in [1.54, 1.807) is 24.3 Å². The first kappa shape index (κ1) is 14.3. The molecule has 0 fully saturated rings. The molecule has 6 heteroatoms. The van der Waals surface area contributed by atoms with Crippen LogP contribution in [0.1, 0.15) is 17.4 Å².